The highest BCUT2D eigenvalue weighted by atomic mass is 16.5. The SMILES string of the molecule is CCOC(=O)[C@H](CCC1=CCCC=C1)N[C@@H](C)C(=O)N1[C@H](C(=O)[OH2+])C[C@@H]2CCC[C@@H]21. The Kier molecular flexibility index (Phi) is 7.69. The summed E-state index contributed by atoms with van der Waals surface area (Å²) in [4.78, 5) is 39.3. The molecule has 1 amide bonds. The van der Waals surface area contributed by atoms with E-state index >= 15 is 0 Å². The van der Waals surface area contributed by atoms with Gasteiger partial charge in [0.15, 0.2) is 6.04 Å². The summed E-state index contributed by atoms with van der Waals surface area (Å²) in [6, 6.07) is -1.83. The first-order valence-electron chi connectivity index (χ1n) is 11.3. The van der Waals surface area contributed by atoms with Gasteiger partial charge in [-0.05, 0) is 64.7 Å². The summed E-state index contributed by atoms with van der Waals surface area (Å²) in [7, 11) is 0. The molecule has 2 aliphatic carbocycles. The molecule has 3 rings (SSSR count). The Morgan fingerprint density at radius 1 is 1.30 bits per heavy atom. The highest BCUT2D eigenvalue weighted by molar-refractivity contribution is 5.88. The molecular formula is C23H35N2O5+. The highest BCUT2D eigenvalue weighted by Gasteiger charge is 2.52. The largest absolute Gasteiger partial charge is 0.563 e. The number of allylic oxidation sites excluding steroid dienone is 4. The van der Waals surface area contributed by atoms with Gasteiger partial charge >= 0.3 is 11.9 Å². The summed E-state index contributed by atoms with van der Waals surface area (Å²) in [6.45, 7) is 3.79. The molecule has 2 fully saturated rings. The molecule has 30 heavy (non-hydrogen) atoms. The average Bonchev–Trinajstić information content (AvgIpc) is 3.32. The maximum atomic E-state index is 13.3. The van der Waals surface area contributed by atoms with E-state index in [1.165, 1.54) is 5.57 Å². The van der Waals surface area contributed by atoms with Crippen molar-refractivity contribution >= 4 is 17.8 Å². The van der Waals surface area contributed by atoms with Gasteiger partial charge in [0.1, 0.15) is 6.04 Å². The van der Waals surface area contributed by atoms with Crippen LogP contribution < -0.4 is 5.32 Å². The zero-order chi connectivity index (χ0) is 21.7. The minimum atomic E-state index is -0.692. The van der Waals surface area contributed by atoms with Crippen LogP contribution in [-0.2, 0) is 19.1 Å². The lowest BCUT2D eigenvalue weighted by molar-refractivity contribution is -0.151. The van der Waals surface area contributed by atoms with Gasteiger partial charge < -0.3 is 14.7 Å². The van der Waals surface area contributed by atoms with E-state index in [4.69, 9.17) is 9.84 Å². The highest BCUT2D eigenvalue weighted by Crippen LogP contribution is 2.41. The van der Waals surface area contributed by atoms with Crippen LogP contribution in [0.2, 0.25) is 0 Å². The molecule has 1 saturated heterocycles. The topological polar surface area (TPSA) is 98.6 Å². The minimum absolute atomic E-state index is 0.0413. The van der Waals surface area contributed by atoms with Crippen LogP contribution in [0.1, 0.15) is 65.2 Å². The maximum Gasteiger partial charge on any atom is 0.538 e. The molecule has 0 unspecified atom stereocenters. The third kappa shape index (κ3) is 5.12. The fourth-order valence-corrected chi connectivity index (χ4v) is 5.11. The van der Waals surface area contributed by atoms with E-state index in [0.717, 1.165) is 38.5 Å². The molecule has 1 aliphatic heterocycles. The molecule has 3 aliphatic rings. The van der Waals surface area contributed by atoms with Gasteiger partial charge in [-0.1, -0.05) is 30.2 Å². The number of fused-ring (bicyclic) bond motifs is 1. The standard InChI is InChI=1S/C23H34N2O5/c1-3-30-23(29)18(13-12-16-8-5-4-6-9-16)24-15(2)21(26)25-19-11-7-10-17(19)14-20(25)22(27)28/h5,8-9,15,17-20,24H,3-4,6-7,10-14H2,1-2H3,(H,27,28)/p+1/t15-,17-,18-,19-,20-/m0/s1. The number of esters is 1. The number of hydrogen-bond donors (Lipinski definition) is 1. The van der Waals surface area contributed by atoms with Gasteiger partial charge in [0.2, 0.25) is 5.91 Å². The van der Waals surface area contributed by atoms with E-state index in [-0.39, 0.29) is 24.5 Å². The van der Waals surface area contributed by atoms with Gasteiger partial charge in [0, 0.05) is 10.8 Å². The van der Waals surface area contributed by atoms with Crippen LogP contribution in [0.3, 0.4) is 0 Å². The van der Waals surface area contributed by atoms with Crippen LogP contribution in [0.15, 0.2) is 23.8 Å². The number of carbonyl (C=O) groups excluding carboxylic acids is 3. The van der Waals surface area contributed by atoms with Crippen LogP contribution >= 0.6 is 0 Å². The van der Waals surface area contributed by atoms with Crippen molar-refractivity contribution in [1.82, 2.24) is 10.2 Å². The zero-order valence-corrected chi connectivity index (χ0v) is 18.1. The summed E-state index contributed by atoms with van der Waals surface area (Å²) in [5.74, 6) is -0.929. The number of amides is 1. The van der Waals surface area contributed by atoms with Crippen molar-refractivity contribution in [2.45, 2.75) is 89.4 Å². The Morgan fingerprint density at radius 3 is 2.77 bits per heavy atom. The fourth-order valence-electron chi connectivity index (χ4n) is 5.11. The molecule has 1 heterocycles. The maximum absolute atomic E-state index is 13.3. The number of ether oxygens (including phenoxy) is 1. The lowest BCUT2D eigenvalue weighted by Gasteiger charge is -2.30. The van der Waals surface area contributed by atoms with Crippen molar-refractivity contribution in [2.24, 2.45) is 5.92 Å². The van der Waals surface area contributed by atoms with E-state index in [9.17, 15) is 14.4 Å². The van der Waals surface area contributed by atoms with Crippen molar-refractivity contribution in [1.29, 1.82) is 0 Å². The number of hydrogen-bond acceptors (Lipinski definition) is 5. The van der Waals surface area contributed by atoms with E-state index in [2.05, 4.69) is 23.5 Å². The van der Waals surface area contributed by atoms with Gasteiger partial charge in [-0.2, -0.15) is 0 Å². The molecule has 7 heteroatoms. The van der Waals surface area contributed by atoms with E-state index in [1.54, 1.807) is 18.7 Å². The van der Waals surface area contributed by atoms with E-state index < -0.39 is 24.1 Å². The van der Waals surface area contributed by atoms with Crippen LogP contribution in [-0.4, -0.2) is 58.6 Å². The monoisotopic (exact) mass is 419 g/mol. The predicted octanol–water partition coefficient (Wildman–Crippen LogP) is 1.97. The molecule has 0 bridgehead atoms. The van der Waals surface area contributed by atoms with Crippen LogP contribution in [0.5, 0.6) is 0 Å². The number of likely N-dealkylation sites (tertiary alicyclic amines) is 1. The van der Waals surface area contributed by atoms with Gasteiger partial charge in [-0.15, -0.1) is 0 Å². The molecule has 1 saturated carbocycles. The predicted molar refractivity (Wildman–Crippen MR) is 114 cm³/mol. The second-order valence-corrected chi connectivity index (χ2v) is 8.61. The Bertz CT molecular complexity index is 716. The summed E-state index contributed by atoms with van der Waals surface area (Å²) < 4.78 is 5.23. The van der Waals surface area contributed by atoms with Crippen molar-refractivity contribution in [3.05, 3.63) is 23.8 Å². The van der Waals surface area contributed by atoms with E-state index in [1.807, 2.05) is 0 Å². The molecule has 0 aromatic carbocycles. The molecule has 0 aromatic heterocycles. The smallest absolute Gasteiger partial charge is 0.538 e. The third-order valence-corrected chi connectivity index (χ3v) is 6.58. The Balaban J connectivity index is 1.67. The molecular weight excluding hydrogens is 384 g/mol. The number of carbonyl (C=O) groups is 3. The summed E-state index contributed by atoms with van der Waals surface area (Å²) in [5.41, 5.74) is 1.20. The Hall–Kier alpha value is -2.15. The van der Waals surface area contributed by atoms with Gasteiger partial charge in [0.05, 0.1) is 12.6 Å². The molecule has 0 aromatic rings. The van der Waals surface area contributed by atoms with Crippen LogP contribution in [0.25, 0.3) is 0 Å². The molecule has 5 atom stereocenters. The van der Waals surface area contributed by atoms with Crippen molar-refractivity contribution in [3.63, 3.8) is 0 Å². The van der Waals surface area contributed by atoms with Crippen molar-refractivity contribution < 1.29 is 24.2 Å². The quantitative estimate of drug-likeness (QED) is 0.455. The van der Waals surface area contributed by atoms with Crippen molar-refractivity contribution in [2.75, 3.05) is 6.61 Å². The number of nitrogens with one attached hydrogen (secondary N) is 1. The normalized spacial score (nSPS) is 27.3. The molecule has 3 N–H and O–H groups in total. The molecule has 166 valence electrons. The Labute approximate surface area is 178 Å². The summed E-state index contributed by atoms with van der Waals surface area (Å²) in [6.07, 6.45) is 13.3. The van der Waals surface area contributed by atoms with Crippen molar-refractivity contribution in [3.8, 4) is 0 Å². The minimum Gasteiger partial charge on any atom is -0.563 e. The lowest BCUT2D eigenvalue weighted by atomic mass is 9.99. The van der Waals surface area contributed by atoms with Gasteiger partial charge in [-0.3, -0.25) is 14.9 Å². The summed E-state index contributed by atoms with van der Waals surface area (Å²) >= 11 is 0. The second-order valence-electron chi connectivity index (χ2n) is 8.61. The van der Waals surface area contributed by atoms with Gasteiger partial charge in [0.25, 0.3) is 0 Å². The Morgan fingerprint density at radius 2 is 2.10 bits per heavy atom. The first-order valence-corrected chi connectivity index (χ1v) is 11.3. The molecule has 7 nitrogen and oxygen atoms in total. The fraction of sp³-hybridized carbons (Fsp3) is 0.696. The van der Waals surface area contributed by atoms with Gasteiger partial charge in [-0.25, -0.2) is 0 Å². The third-order valence-electron chi connectivity index (χ3n) is 6.58. The first kappa shape index (κ1) is 22.5. The first-order chi connectivity index (χ1) is 14.4. The summed E-state index contributed by atoms with van der Waals surface area (Å²) in [5, 5.41) is 10.8. The zero-order valence-electron chi connectivity index (χ0n) is 18.1. The van der Waals surface area contributed by atoms with Crippen LogP contribution in [0.4, 0.5) is 0 Å². The van der Waals surface area contributed by atoms with E-state index in [0.29, 0.717) is 18.8 Å². The number of rotatable bonds is 9. The number of nitrogens with zero attached hydrogens (tertiary/aromatic N) is 1. The average molecular weight is 420 g/mol. The molecule has 0 spiro atoms. The second kappa shape index (κ2) is 10.2. The van der Waals surface area contributed by atoms with Crippen LogP contribution in [0, 0.1) is 5.92 Å². The molecule has 0 radical (unpaired) electrons. The lowest BCUT2D eigenvalue weighted by Crippen LogP contribution is -2.55.